The molecule has 0 spiro atoms. The molecule has 1 aromatic rings. The number of aliphatic hydroxyl groups excluding tert-OH is 1. The Bertz CT molecular complexity index is 560. The predicted octanol–water partition coefficient (Wildman–Crippen LogP) is 3.25. The summed E-state index contributed by atoms with van der Waals surface area (Å²) in [5, 5.41) is 9.36. The van der Waals surface area contributed by atoms with E-state index in [1.54, 1.807) is 0 Å². The molecule has 4 heteroatoms. The van der Waals surface area contributed by atoms with Crippen molar-refractivity contribution >= 4 is 5.97 Å². The molecule has 1 N–H and O–H groups in total. The average Bonchev–Trinajstić information content (AvgIpc) is 2.78. The van der Waals surface area contributed by atoms with Gasteiger partial charge in [-0.1, -0.05) is 37.3 Å². The van der Waals surface area contributed by atoms with E-state index in [4.69, 9.17) is 4.74 Å². The van der Waals surface area contributed by atoms with Gasteiger partial charge in [0.1, 0.15) is 6.10 Å². The van der Waals surface area contributed by atoms with Gasteiger partial charge in [-0.3, -0.25) is 4.79 Å². The third-order valence-corrected chi connectivity index (χ3v) is 6.46. The number of quaternary nitrogens is 1. The number of esters is 1. The standard InChI is InChI=1S/C21H32NO3/c1-3-12-22(2)17-9-10-18(22)15-19(14-17)25-21(24)20(11-13-23)16-7-5-4-6-8-16/h4-8,17-20,23H,3,9-15H2,1-2H3/q+1. The maximum Gasteiger partial charge on any atom is 0.313 e. The molecule has 0 saturated carbocycles. The van der Waals surface area contributed by atoms with Crippen LogP contribution in [0.25, 0.3) is 0 Å². The lowest BCUT2D eigenvalue weighted by Gasteiger charge is -2.46. The lowest BCUT2D eigenvalue weighted by molar-refractivity contribution is -0.949. The van der Waals surface area contributed by atoms with Crippen LogP contribution in [-0.4, -0.2) is 53.9 Å². The monoisotopic (exact) mass is 346 g/mol. The number of aliphatic hydroxyl groups is 1. The minimum absolute atomic E-state index is 0.00393. The third kappa shape index (κ3) is 3.75. The van der Waals surface area contributed by atoms with E-state index in [9.17, 15) is 9.90 Å². The van der Waals surface area contributed by atoms with Gasteiger partial charge in [0.15, 0.2) is 0 Å². The number of benzene rings is 1. The number of carbonyl (C=O) groups excluding carboxylic acids is 1. The number of rotatable bonds is 7. The predicted molar refractivity (Wildman–Crippen MR) is 98.2 cm³/mol. The van der Waals surface area contributed by atoms with E-state index in [2.05, 4.69) is 14.0 Å². The number of ether oxygens (including phenoxy) is 1. The van der Waals surface area contributed by atoms with Gasteiger partial charge < -0.3 is 14.3 Å². The van der Waals surface area contributed by atoms with Gasteiger partial charge in [0.2, 0.25) is 0 Å². The lowest BCUT2D eigenvalue weighted by Crippen LogP contribution is -2.59. The Morgan fingerprint density at radius 3 is 2.44 bits per heavy atom. The van der Waals surface area contributed by atoms with Crippen LogP contribution < -0.4 is 0 Å². The molecule has 1 aromatic carbocycles. The zero-order valence-corrected chi connectivity index (χ0v) is 15.6. The first kappa shape index (κ1) is 18.4. The molecule has 0 amide bonds. The van der Waals surface area contributed by atoms with Gasteiger partial charge >= 0.3 is 5.97 Å². The highest BCUT2D eigenvalue weighted by Crippen LogP contribution is 2.42. The molecule has 0 radical (unpaired) electrons. The fourth-order valence-corrected chi connectivity index (χ4v) is 5.12. The minimum Gasteiger partial charge on any atom is -0.461 e. The van der Waals surface area contributed by atoms with Crippen LogP contribution in [0.15, 0.2) is 30.3 Å². The van der Waals surface area contributed by atoms with Crippen LogP contribution in [0.2, 0.25) is 0 Å². The molecule has 2 heterocycles. The van der Waals surface area contributed by atoms with Gasteiger partial charge in [0, 0.05) is 32.3 Å². The summed E-state index contributed by atoms with van der Waals surface area (Å²) in [6.45, 7) is 3.48. The van der Waals surface area contributed by atoms with Crippen LogP contribution in [-0.2, 0) is 9.53 Å². The average molecular weight is 346 g/mol. The Morgan fingerprint density at radius 1 is 1.24 bits per heavy atom. The Labute approximate surface area is 151 Å². The van der Waals surface area contributed by atoms with Gasteiger partial charge in [-0.2, -0.15) is 0 Å². The Balaban J connectivity index is 1.65. The lowest BCUT2D eigenvalue weighted by atomic mass is 9.94. The molecule has 2 aliphatic rings. The summed E-state index contributed by atoms with van der Waals surface area (Å²) in [7, 11) is 2.39. The summed E-state index contributed by atoms with van der Waals surface area (Å²) >= 11 is 0. The van der Waals surface area contributed by atoms with Crippen molar-refractivity contribution in [2.45, 2.75) is 69.6 Å². The number of fused-ring (bicyclic) bond motifs is 2. The summed E-state index contributed by atoms with van der Waals surface area (Å²) in [4.78, 5) is 12.8. The maximum atomic E-state index is 12.8. The van der Waals surface area contributed by atoms with Crippen LogP contribution in [0.4, 0.5) is 0 Å². The van der Waals surface area contributed by atoms with E-state index < -0.39 is 0 Å². The molecule has 4 nitrogen and oxygen atoms in total. The Hall–Kier alpha value is -1.39. The van der Waals surface area contributed by atoms with Crippen molar-refractivity contribution in [3.05, 3.63) is 35.9 Å². The number of piperidine rings is 1. The first-order valence-electron chi connectivity index (χ1n) is 9.79. The van der Waals surface area contributed by atoms with Crippen molar-refractivity contribution in [1.29, 1.82) is 0 Å². The fraction of sp³-hybridized carbons (Fsp3) is 0.667. The smallest absolute Gasteiger partial charge is 0.313 e. The molecule has 2 saturated heterocycles. The van der Waals surface area contributed by atoms with Crippen molar-refractivity contribution in [3.8, 4) is 0 Å². The van der Waals surface area contributed by atoms with Crippen LogP contribution in [0.5, 0.6) is 0 Å². The van der Waals surface area contributed by atoms with E-state index in [1.807, 2.05) is 30.3 Å². The van der Waals surface area contributed by atoms with Crippen molar-refractivity contribution in [2.24, 2.45) is 0 Å². The van der Waals surface area contributed by atoms with Gasteiger partial charge in [-0.05, 0) is 18.4 Å². The van der Waals surface area contributed by atoms with Gasteiger partial charge in [0.05, 0.1) is 31.6 Å². The second-order valence-electron chi connectivity index (χ2n) is 7.96. The van der Waals surface area contributed by atoms with Crippen molar-refractivity contribution in [3.63, 3.8) is 0 Å². The Kier molecular flexibility index (Phi) is 5.80. The molecule has 2 bridgehead atoms. The van der Waals surface area contributed by atoms with E-state index >= 15 is 0 Å². The quantitative estimate of drug-likeness (QED) is 0.609. The minimum atomic E-state index is -0.359. The summed E-state index contributed by atoms with van der Waals surface area (Å²) in [5.74, 6) is -0.529. The zero-order chi connectivity index (χ0) is 17.9. The van der Waals surface area contributed by atoms with Crippen LogP contribution in [0.3, 0.4) is 0 Å². The van der Waals surface area contributed by atoms with Crippen LogP contribution in [0.1, 0.15) is 56.9 Å². The van der Waals surface area contributed by atoms with E-state index in [0.717, 1.165) is 18.4 Å². The van der Waals surface area contributed by atoms with E-state index in [0.29, 0.717) is 18.5 Å². The highest BCUT2D eigenvalue weighted by Gasteiger charge is 2.52. The maximum absolute atomic E-state index is 12.8. The first-order valence-corrected chi connectivity index (χ1v) is 9.79. The summed E-state index contributed by atoms with van der Waals surface area (Å²) < 4.78 is 7.12. The summed E-state index contributed by atoms with van der Waals surface area (Å²) in [6.07, 6.45) is 6.16. The number of nitrogens with zero attached hydrogens (tertiary/aromatic N) is 1. The molecule has 138 valence electrons. The highest BCUT2D eigenvalue weighted by molar-refractivity contribution is 5.78. The normalized spacial score (nSPS) is 32.4. The van der Waals surface area contributed by atoms with Crippen LogP contribution >= 0.6 is 0 Å². The molecule has 0 aliphatic carbocycles. The van der Waals surface area contributed by atoms with Gasteiger partial charge in [0.25, 0.3) is 0 Å². The molecule has 25 heavy (non-hydrogen) atoms. The molecule has 2 fully saturated rings. The number of hydrogen-bond acceptors (Lipinski definition) is 3. The van der Waals surface area contributed by atoms with Crippen molar-refractivity contribution in [2.75, 3.05) is 20.2 Å². The summed E-state index contributed by atoms with van der Waals surface area (Å²) in [5.41, 5.74) is 0.937. The largest absolute Gasteiger partial charge is 0.461 e. The first-order chi connectivity index (χ1) is 12.1. The molecule has 3 atom stereocenters. The highest BCUT2D eigenvalue weighted by atomic mass is 16.5. The second-order valence-corrected chi connectivity index (χ2v) is 7.96. The van der Waals surface area contributed by atoms with Crippen molar-refractivity contribution in [1.82, 2.24) is 0 Å². The van der Waals surface area contributed by atoms with E-state index in [1.165, 1.54) is 30.3 Å². The number of hydrogen-bond donors (Lipinski definition) is 1. The van der Waals surface area contributed by atoms with Gasteiger partial charge in [-0.25, -0.2) is 0 Å². The molecule has 0 aromatic heterocycles. The zero-order valence-electron chi connectivity index (χ0n) is 15.6. The summed E-state index contributed by atoms with van der Waals surface area (Å²) in [6, 6.07) is 11.0. The molecule has 3 rings (SSSR count). The number of carbonyl (C=O) groups is 1. The molecule has 2 aliphatic heterocycles. The van der Waals surface area contributed by atoms with Crippen molar-refractivity contribution < 1.29 is 19.1 Å². The van der Waals surface area contributed by atoms with Gasteiger partial charge in [-0.15, -0.1) is 0 Å². The fourth-order valence-electron chi connectivity index (χ4n) is 5.12. The molecule has 3 unspecified atom stereocenters. The van der Waals surface area contributed by atoms with Crippen LogP contribution in [0, 0.1) is 0 Å². The molecular weight excluding hydrogens is 314 g/mol. The third-order valence-electron chi connectivity index (χ3n) is 6.46. The topological polar surface area (TPSA) is 46.5 Å². The molecular formula is C21H32NO3+. The second kappa shape index (κ2) is 7.88. The van der Waals surface area contributed by atoms with E-state index in [-0.39, 0.29) is 24.6 Å². The Morgan fingerprint density at radius 2 is 1.88 bits per heavy atom. The SMILES string of the molecule is CCC[N+]1(C)C2CCC1CC(OC(=O)C(CCO)c1ccccc1)C2.